The molecule has 0 saturated heterocycles. The predicted molar refractivity (Wildman–Crippen MR) is 81.5 cm³/mol. The van der Waals surface area contributed by atoms with E-state index in [1.165, 1.54) is 12.1 Å². The van der Waals surface area contributed by atoms with Gasteiger partial charge in [-0.3, -0.25) is 4.68 Å². The molecule has 0 bridgehead atoms. The number of nitrogens with one attached hydrogen (secondary N) is 1. The van der Waals surface area contributed by atoms with Gasteiger partial charge in [0.15, 0.2) is 12.0 Å². The fourth-order valence-corrected chi connectivity index (χ4v) is 3.00. The number of aromatic nitrogens is 3. The van der Waals surface area contributed by atoms with Gasteiger partial charge in [0.1, 0.15) is 11.2 Å². The summed E-state index contributed by atoms with van der Waals surface area (Å²) in [5, 5.41) is 7.76. The van der Waals surface area contributed by atoms with Crippen LogP contribution >= 0.6 is 15.9 Å². The van der Waals surface area contributed by atoms with Crippen LogP contribution in [0.4, 0.5) is 0 Å². The van der Waals surface area contributed by atoms with E-state index >= 15 is 0 Å². The van der Waals surface area contributed by atoms with E-state index < -0.39 is 0 Å². The van der Waals surface area contributed by atoms with Crippen LogP contribution in [-0.2, 0) is 13.5 Å². The van der Waals surface area contributed by atoms with Crippen LogP contribution in [0.25, 0.3) is 22.4 Å². The second kappa shape index (κ2) is 5.38. The number of benzene rings is 1. The number of likely N-dealkylation sites (N-methyl/N-ethyl adjacent to an activating group) is 1. The van der Waals surface area contributed by atoms with E-state index in [1.54, 1.807) is 0 Å². The molecule has 0 aliphatic rings. The lowest BCUT2D eigenvalue weighted by Crippen LogP contribution is -2.12. The number of nitrogens with zero attached hydrogens (tertiary/aromatic N) is 3. The normalized spacial score (nSPS) is 11.3. The number of fused-ring (bicyclic) bond motifs is 1. The second-order valence-electron chi connectivity index (χ2n) is 4.62. The minimum absolute atomic E-state index is 0.775. The molecule has 0 fully saturated rings. The third-order valence-electron chi connectivity index (χ3n) is 3.32. The Morgan fingerprint density at radius 1 is 1.40 bits per heavy atom. The van der Waals surface area contributed by atoms with Crippen molar-refractivity contribution in [1.82, 2.24) is 20.1 Å². The number of hydrogen-bond acceptors (Lipinski definition) is 4. The highest BCUT2D eigenvalue weighted by Crippen LogP contribution is 2.31. The first-order valence-corrected chi connectivity index (χ1v) is 7.19. The number of halogens is 1. The zero-order valence-corrected chi connectivity index (χ0v) is 12.9. The van der Waals surface area contributed by atoms with Gasteiger partial charge < -0.3 is 9.73 Å². The van der Waals surface area contributed by atoms with Gasteiger partial charge in [-0.05, 0) is 35.1 Å². The average Bonchev–Trinajstić information content (AvgIpc) is 3.01. The molecule has 1 N–H and O–H groups in total. The van der Waals surface area contributed by atoms with Gasteiger partial charge in [-0.15, -0.1) is 0 Å². The topological polar surface area (TPSA) is 55.9 Å². The zero-order chi connectivity index (χ0) is 14.1. The first-order valence-electron chi connectivity index (χ1n) is 6.40. The molecule has 0 unspecified atom stereocenters. The summed E-state index contributed by atoms with van der Waals surface area (Å²) in [5.41, 5.74) is 4.75. The van der Waals surface area contributed by atoms with Crippen molar-refractivity contribution < 1.29 is 4.42 Å². The Bertz CT molecular complexity index is 747. The fraction of sp³-hybridized carbons (Fsp3) is 0.286. The van der Waals surface area contributed by atoms with Crippen LogP contribution in [0.3, 0.4) is 0 Å². The molecule has 1 aromatic carbocycles. The van der Waals surface area contributed by atoms with Crippen molar-refractivity contribution in [1.29, 1.82) is 0 Å². The molecule has 0 aliphatic carbocycles. The van der Waals surface area contributed by atoms with E-state index in [1.807, 2.05) is 37.0 Å². The lowest BCUT2D eigenvalue weighted by molar-refractivity contribution is 0.602. The largest absolute Gasteiger partial charge is 0.443 e. The Kier molecular flexibility index (Phi) is 3.58. The summed E-state index contributed by atoms with van der Waals surface area (Å²) in [6.07, 6.45) is 2.38. The maximum atomic E-state index is 5.35. The molecule has 3 rings (SSSR count). The molecule has 20 heavy (non-hydrogen) atoms. The molecule has 3 aromatic rings. The van der Waals surface area contributed by atoms with Crippen LogP contribution in [0.2, 0.25) is 0 Å². The molecule has 104 valence electrons. The molecule has 0 atom stereocenters. The maximum absolute atomic E-state index is 5.35. The van der Waals surface area contributed by atoms with E-state index in [0.717, 1.165) is 39.8 Å². The maximum Gasteiger partial charge on any atom is 0.181 e. The van der Waals surface area contributed by atoms with Crippen molar-refractivity contribution in [3.63, 3.8) is 0 Å². The van der Waals surface area contributed by atoms with Gasteiger partial charge in [-0.1, -0.05) is 6.07 Å². The highest BCUT2D eigenvalue weighted by molar-refractivity contribution is 9.10. The molecule has 0 spiro atoms. The van der Waals surface area contributed by atoms with Crippen molar-refractivity contribution in [2.75, 3.05) is 13.6 Å². The number of hydrogen-bond donors (Lipinski definition) is 1. The molecular weight excluding hydrogens is 320 g/mol. The number of rotatable bonds is 4. The first-order chi connectivity index (χ1) is 9.70. The predicted octanol–water partition coefficient (Wildman–Crippen LogP) is 2.75. The van der Waals surface area contributed by atoms with Crippen molar-refractivity contribution >= 4 is 27.0 Å². The Hall–Kier alpha value is -1.66. The van der Waals surface area contributed by atoms with E-state index in [2.05, 4.69) is 31.3 Å². The van der Waals surface area contributed by atoms with Gasteiger partial charge >= 0.3 is 0 Å². The van der Waals surface area contributed by atoms with E-state index in [9.17, 15) is 0 Å². The average molecular weight is 335 g/mol. The van der Waals surface area contributed by atoms with Crippen molar-refractivity contribution in [3.05, 3.63) is 34.8 Å². The van der Waals surface area contributed by atoms with E-state index in [0.29, 0.717) is 0 Å². The van der Waals surface area contributed by atoms with Crippen LogP contribution in [0, 0.1) is 0 Å². The van der Waals surface area contributed by atoms with E-state index in [4.69, 9.17) is 4.42 Å². The number of aryl methyl sites for hydroxylation is 1. The molecule has 0 saturated carbocycles. The lowest BCUT2D eigenvalue weighted by Gasteiger charge is -2.01. The van der Waals surface area contributed by atoms with Gasteiger partial charge in [0.2, 0.25) is 0 Å². The standard InChI is InChI=1S/C14H15BrN4O/c1-16-6-5-11-13(15)14(18-19(11)2)9-3-4-10-12(7-9)20-8-17-10/h3-4,7-8,16H,5-6H2,1-2H3. The van der Waals surface area contributed by atoms with E-state index in [-0.39, 0.29) is 0 Å². The van der Waals surface area contributed by atoms with Crippen molar-refractivity contribution in [2.45, 2.75) is 6.42 Å². The van der Waals surface area contributed by atoms with Crippen molar-refractivity contribution in [2.24, 2.45) is 7.05 Å². The Morgan fingerprint density at radius 2 is 2.25 bits per heavy atom. The summed E-state index contributed by atoms with van der Waals surface area (Å²) in [6.45, 7) is 0.915. The Morgan fingerprint density at radius 3 is 3.05 bits per heavy atom. The Balaban J connectivity index is 2.04. The zero-order valence-electron chi connectivity index (χ0n) is 11.4. The second-order valence-corrected chi connectivity index (χ2v) is 5.41. The van der Waals surface area contributed by atoms with Crippen LogP contribution in [-0.4, -0.2) is 28.4 Å². The minimum atomic E-state index is 0.775. The lowest BCUT2D eigenvalue weighted by atomic mass is 10.1. The van der Waals surface area contributed by atoms with Gasteiger partial charge in [0.05, 0.1) is 10.2 Å². The van der Waals surface area contributed by atoms with Crippen LogP contribution in [0.15, 0.2) is 33.5 Å². The monoisotopic (exact) mass is 334 g/mol. The first kappa shape index (κ1) is 13.3. The summed E-state index contributed by atoms with van der Waals surface area (Å²) in [7, 11) is 3.91. The molecule has 5 nitrogen and oxygen atoms in total. The van der Waals surface area contributed by atoms with Gasteiger partial charge in [-0.25, -0.2) is 4.98 Å². The molecule has 0 radical (unpaired) electrons. The third kappa shape index (κ3) is 2.25. The fourth-order valence-electron chi connectivity index (χ4n) is 2.23. The third-order valence-corrected chi connectivity index (χ3v) is 4.15. The van der Waals surface area contributed by atoms with Gasteiger partial charge in [0.25, 0.3) is 0 Å². The summed E-state index contributed by atoms with van der Waals surface area (Å²) < 4.78 is 8.31. The number of oxazole rings is 1. The highest BCUT2D eigenvalue weighted by atomic mass is 79.9. The van der Waals surface area contributed by atoms with Gasteiger partial charge in [0, 0.05) is 25.6 Å². The van der Waals surface area contributed by atoms with Crippen LogP contribution in [0.5, 0.6) is 0 Å². The summed E-state index contributed by atoms with van der Waals surface area (Å²) in [4.78, 5) is 4.13. The molecular formula is C14H15BrN4O. The minimum Gasteiger partial charge on any atom is -0.443 e. The molecule has 2 heterocycles. The quantitative estimate of drug-likeness (QED) is 0.797. The van der Waals surface area contributed by atoms with Crippen LogP contribution in [0.1, 0.15) is 5.69 Å². The highest BCUT2D eigenvalue weighted by Gasteiger charge is 2.15. The molecule has 0 aliphatic heterocycles. The summed E-state index contributed by atoms with van der Waals surface area (Å²) >= 11 is 3.67. The Labute approximate surface area is 125 Å². The SMILES string of the molecule is CNCCc1c(Br)c(-c2ccc3ncoc3c2)nn1C. The summed E-state index contributed by atoms with van der Waals surface area (Å²) in [6, 6.07) is 5.93. The summed E-state index contributed by atoms with van der Waals surface area (Å²) in [5.74, 6) is 0. The molecule has 6 heteroatoms. The molecule has 0 amide bonds. The van der Waals surface area contributed by atoms with Gasteiger partial charge in [-0.2, -0.15) is 5.10 Å². The van der Waals surface area contributed by atoms with Crippen molar-refractivity contribution in [3.8, 4) is 11.3 Å². The van der Waals surface area contributed by atoms with Crippen LogP contribution < -0.4 is 5.32 Å². The molecule has 2 aromatic heterocycles. The smallest absolute Gasteiger partial charge is 0.181 e.